The van der Waals surface area contributed by atoms with E-state index in [2.05, 4.69) is 15.5 Å². The van der Waals surface area contributed by atoms with Crippen LogP contribution in [0.5, 0.6) is 0 Å². The lowest BCUT2D eigenvalue weighted by Gasteiger charge is -2.11. The van der Waals surface area contributed by atoms with E-state index in [9.17, 15) is 9.00 Å². The van der Waals surface area contributed by atoms with Gasteiger partial charge in [0.25, 0.3) is 0 Å². The molecular formula is C8H14N4O2S2. The van der Waals surface area contributed by atoms with Crippen molar-refractivity contribution in [2.75, 3.05) is 19.0 Å². The quantitative estimate of drug-likeness (QED) is 0.819. The average molecular weight is 262 g/mol. The van der Waals surface area contributed by atoms with E-state index in [1.165, 1.54) is 11.9 Å². The molecule has 0 aliphatic heterocycles. The highest BCUT2D eigenvalue weighted by Crippen LogP contribution is 2.23. The standard InChI is InChI=1S/C8H14N4O2S2/c1-5(2)16(14)8-11-10-7(15-8)12(4)6(13)9-3/h5H,1-4H3,(H,9,13). The summed E-state index contributed by atoms with van der Waals surface area (Å²) < 4.78 is 12.2. The zero-order chi connectivity index (χ0) is 12.3. The number of nitrogens with zero attached hydrogens (tertiary/aromatic N) is 3. The van der Waals surface area contributed by atoms with Crippen LogP contribution >= 0.6 is 11.3 Å². The lowest BCUT2D eigenvalue weighted by molar-refractivity contribution is 0.249. The molecule has 0 aliphatic carbocycles. The number of carbonyl (C=O) groups excluding carboxylic acids is 1. The molecule has 0 spiro atoms. The van der Waals surface area contributed by atoms with Gasteiger partial charge in [0.15, 0.2) is 0 Å². The van der Waals surface area contributed by atoms with Crippen LogP contribution in [0.3, 0.4) is 0 Å². The Morgan fingerprint density at radius 2 is 2.12 bits per heavy atom. The third kappa shape index (κ3) is 2.76. The van der Waals surface area contributed by atoms with Gasteiger partial charge in [0, 0.05) is 19.3 Å². The molecule has 0 aliphatic rings. The Kier molecular flexibility index (Phi) is 4.36. The number of aromatic nitrogens is 2. The highest BCUT2D eigenvalue weighted by atomic mass is 32.2. The highest BCUT2D eigenvalue weighted by molar-refractivity contribution is 7.87. The molecule has 1 rings (SSSR count). The molecule has 6 nitrogen and oxygen atoms in total. The predicted octanol–water partition coefficient (Wildman–Crippen LogP) is 0.830. The molecule has 1 atom stereocenters. The van der Waals surface area contributed by atoms with Gasteiger partial charge in [-0.1, -0.05) is 25.2 Å². The largest absolute Gasteiger partial charge is 0.341 e. The number of rotatable bonds is 3. The van der Waals surface area contributed by atoms with Crippen LogP contribution in [0, 0.1) is 0 Å². The molecule has 8 heteroatoms. The van der Waals surface area contributed by atoms with Crippen LogP contribution in [0.15, 0.2) is 4.34 Å². The smallest absolute Gasteiger partial charge is 0.323 e. The van der Waals surface area contributed by atoms with Gasteiger partial charge >= 0.3 is 6.03 Å². The fraction of sp³-hybridized carbons (Fsp3) is 0.625. The number of hydrogen-bond donors (Lipinski definition) is 1. The normalized spacial score (nSPS) is 12.6. The van der Waals surface area contributed by atoms with E-state index in [4.69, 9.17) is 0 Å². The first-order chi connectivity index (χ1) is 7.47. The summed E-state index contributed by atoms with van der Waals surface area (Å²) in [5.41, 5.74) is 0. The molecular weight excluding hydrogens is 248 g/mol. The molecule has 0 radical (unpaired) electrons. The molecule has 0 saturated carbocycles. The Balaban J connectivity index is 2.87. The van der Waals surface area contributed by atoms with Gasteiger partial charge in [-0.3, -0.25) is 9.11 Å². The zero-order valence-electron chi connectivity index (χ0n) is 9.55. The van der Waals surface area contributed by atoms with Crippen molar-refractivity contribution < 1.29 is 9.00 Å². The number of carbonyl (C=O) groups is 1. The Hall–Kier alpha value is -1.02. The summed E-state index contributed by atoms with van der Waals surface area (Å²) in [6.45, 7) is 3.69. The minimum Gasteiger partial charge on any atom is -0.341 e. The second-order valence-electron chi connectivity index (χ2n) is 3.31. The van der Waals surface area contributed by atoms with Crippen molar-refractivity contribution in [3.05, 3.63) is 0 Å². The fourth-order valence-corrected chi connectivity index (χ4v) is 3.07. The van der Waals surface area contributed by atoms with Crippen molar-refractivity contribution in [2.24, 2.45) is 0 Å². The summed E-state index contributed by atoms with van der Waals surface area (Å²) in [6.07, 6.45) is 0. The van der Waals surface area contributed by atoms with E-state index in [0.717, 1.165) is 11.3 Å². The van der Waals surface area contributed by atoms with E-state index < -0.39 is 10.8 Å². The Morgan fingerprint density at radius 3 is 2.62 bits per heavy atom. The summed E-state index contributed by atoms with van der Waals surface area (Å²) in [5.74, 6) is 0. The van der Waals surface area contributed by atoms with E-state index in [0.29, 0.717) is 9.47 Å². The molecule has 90 valence electrons. The maximum Gasteiger partial charge on any atom is 0.323 e. The monoisotopic (exact) mass is 262 g/mol. The van der Waals surface area contributed by atoms with Gasteiger partial charge in [-0.25, -0.2) is 4.79 Å². The molecule has 0 aromatic carbocycles. The minimum absolute atomic E-state index is 0.00823. The first-order valence-electron chi connectivity index (χ1n) is 4.67. The van der Waals surface area contributed by atoms with E-state index >= 15 is 0 Å². The van der Waals surface area contributed by atoms with Crippen LogP contribution in [0.2, 0.25) is 0 Å². The van der Waals surface area contributed by atoms with Gasteiger partial charge in [0.1, 0.15) is 0 Å². The third-order valence-electron chi connectivity index (χ3n) is 1.80. The Bertz CT molecular complexity index is 404. The van der Waals surface area contributed by atoms with Gasteiger partial charge in [0.2, 0.25) is 9.47 Å². The first-order valence-corrected chi connectivity index (χ1v) is 6.69. The molecule has 1 aromatic rings. The number of anilines is 1. The number of amides is 2. The molecule has 1 heterocycles. The lowest BCUT2D eigenvalue weighted by Crippen LogP contribution is -2.34. The molecule has 1 N–H and O–H groups in total. The summed E-state index contributed by atoms with van der Waals surface area (Å²) >= 11 is 1.16. The van der Waals surface area contributed by atoms with E-state index in [1.807, 2.05) is 13.8 Å². The number of urea groups is 1. The zero-order valence-corrected chi connectivity index (χ0v) is 11.2. The molecule has 1 unspecified atom stereocenters. The maximum atomic E-state index is 11.7. The highest BCUT2D eigenvalue weighted by Gasteiger charge is 2.18. The van der Waals surface area contributed by atoms with Crippen molar-refractivity contribution in [3.63, 3.8) is 0 Å². The van der Waals surface area contributed by atoms with Gasteiger partial charge in [-0.2, -0.15) is 0 Å². The fourth-order valence-electron chi connectivity index (χ4n) is 0.876. The summed E-state index contributed by atoms with van der Waals surface area (Å²) in [5, 5.41) is 10.6. The van der Waals surface area contributed by atoms with Crippen molar-refractivity contribution >= 4 is 33.3 Å². The van der Waals surface area contributed by atoms with Crippen LogP contribution < -0.4 is 10.2 Å². The molecule has 0 fully saturated rings. The minimum atomic E-state index is -1.16. The summed E-state index contributed by atoms with van der Waals surface area (Å²) in [7, 11) is 1.96. The van der Waals surface area contributed by atoms with Gasteiger partial charge < -0.3 is 5.32 Å². The molecule has 16 heavy (non-hydrogen) atoms. The molecule has 0 bridgehead atoms. The van der Waals surface area contributed by atoms with Gasteiger partial charge in [0.05, 0.1) is 10.8 Å². The first kappa shape index (κ1) is 13.0. The van der Waals surface area contributed by atoms with Crippen molar-refractivity contribution in [1.29, 1.82) is 0 Å². The summed E-state index contributed by atoms with van der Waals surface area (Å²) in [4.78, 5) is 12.6. The molecule has 2 amide bonds. The third-order valence-corrected chi connectivity index (χ3v) is 4.62. The maximum absolute atomic E-state index is 11.7. The number of nitrogens with one attached hydrogen (secondary N) is 1. The van der Waals surface area contributed by atoms with Crippen LogP contribution in [-0.2, 0) is 10.8 Å². The van der Waals surface area contributed by atoms with Crippen molar-refractivity contribution in [2.45, 2.75) is 23.4 Å². The predicted molar refractivity (Wildman–Crippen MR) is 64.3 cm³/mol. The van der Waals surface area contributed by atoms with Crippen LogP contribution in [0.4, 0.5) is 9.93 Å². The Morgan fingerprint density at radius 1 is 1.50 bits per heavy atom. The van der Waals surface area contributed by atoms with Gasteiger partial charge in [-0.05, 0) is 0 Å². The van der Waals surface area contributed by atoms with Crippen LogP contribution in [0.25, 0.3) is 0 Å². The van der Waals surface area contributed by atoms with E-state index in [-0.39, 0.29) is 11.3 Å². The van der Waals surface area contributed by atoms with Crippen LogP contribution in [0.1, 0.15) is 13.8 Å². The van der Waals surface area contributed by atoms with Crippen molar-refractivity contribution in [3.8, 4) is 0 Å². The SMILES string of the molecule is CNC(=O)N(C)c1nnc(S(=O)C(C)C)s1. The number of hydrogen-bond acceptors (Lipinski definition) is 5. The lowest BCUT2D eigenvalue weighted by atomic mass is 10.6. The molecule has 0 saturated heterocycles. The van der Waals surface area contributed by atoms with E-state index in [1.54, 1.807) is 7.05 Å². The van der Waals surface area contributed by atoms with Gasteiger partial charge in [-0.15, -0.1) is 10.2 Å². The topological polar surface area (TPSA) is 75.2 Å². The Labute approximate surface area is 101 Å². The average Bonchev–Trinajstić information content (AvgIpc) is 2.74. The van der Waals surface area contributed by atoms with Crippen LogP contribution in [-0.4, -0.2) is 39.8 Å². The summed E-state index contributed by atoms with van der Waals surface area (Å²) in [6, 6.07) is -0.280. The van der Waals surface area contributed by atoms with Crippen molar-refractivity contribution in [1.82, 2.24) is 15.5 Å². The molecule has 1 aromatic heterocycles. The second-order valence-corrected chi connectivity index (χ2v) is 6.45. The second kappa shape index (κ2) is 5.35.